The molecule has 1 N–H and O–H groups in total. The van der Waals surface area contributed by atoms with Gasteiger partial charge in [-0.2, -0.15) is 0 Å². The summed E-state index contributed by atoms with van der Waals surface area (Å²) in [5.74, 6) is -0.153. The third-order valence-corrected chi connectivity index (χ3v) is 2.88. The van der Waals surface area contributed by atoms with E-state index < -0.39 is 0 Å². The molecule has 0 aliphatic heterocycles. The molecule has 0 bridgehead atoms. The maximum Gasteiger partial charge on any atom is 0.146 e. The fourth-order valence-electron chi connectivity index (χ4n) is 1.80. The summed E-state index contributed by atoms with van der Waals surface area (Å²) in [6.07, 6.45) is 0.998. The SMILES string of the molecule is CCNCC(CC)N(C)c1ccccc1F. The molecule has 0 saturated carbocycles. The van der Waals surface area contributed by atoms with Crippen LogP contribution in [0.25, 0.3) is 0 Å². The lowest BCUT2D eigenvalue weighted by Crippen LogP contribution is -2.40. The van der Waals surface area contributed by atoms with Crippen molar-refractivity contribution in [3.8, 4) is 0 Å². The van der Waals surface area contributed by atoms with Crippen molar-refractivity contribution in [2.24, 2.45) is 0 Å². The predicted octanol–water partition coefficient (Wildman–Crippen LogP) is 2.65. The van der Waals surface area contributed by atoms with Gasteiger partial charge in [0.15, 0.2) is 0 Å². The lowest BCUT2D eigenvalue weighted by atomic mass is 10.1. The van der Waals surface area contributed by atoms with Crippen LogP contribution >= 0.6 is 0 Å². The number of hydrogen-bond donors (Lipinski definition) is 1. The largest absolute Gasteiger partial charge is 0.368 e. The van der Waals surface area contributed by atoms with Crippen LogP contribution in [0.1, 0.15) is 20.3 Å². The third-order valence-electron chi connectivity index (χ3n) is 2.88. The second kappa shape index (κ2) is 6.48. The molecule has 90 valence electrons. The summed E-state index contributed by atoms with van der Waals surface area (Å²) in [7, 11) is 1.95. The highest BCUT2D eigenvalue weighted by atomic mass is 19.1. The molecule has 0 spiro atoms. The number of nitrogens with one attached hydrogen (secondary N) is 1. The molecule has 0 radical (unpaired) electrons. The molecule has 0 aliphatic carbocycles. The van der Waals surface area contributed by atoms with Crippen molar-refractivity contribution in [3.63, 3.8) is 0 Å². The van der Waals surface area contributed by atoms with Gasteiger partial charge in [0.25, 0.3) is 0 Å². The lowest BCUT2D eigenvalue weighted by molar-refractivity contribution is 0.538. The van der Waals surface area contributed by atoms with Gasteiger partial charge < -0.3 is 10.2 Å². The maximum atomic E-state index is 13.6. The van der Waals surface area contributed by atoms with Crippen molar-refractivity contribution < 1.29 is 4.39 Å². The highest BCUT2D eigenvalue weighted by molar-refractivity contribution is 5.47. The first-order valence-electron chi connectivity index (χ1n) is 5.88. The first-order valence-corrected chi connectivity index (χ1v) is 5.88. The van der Waals surface area contributed by atoms with Crippen molar-refractivity contribution in [3.05, 3.63) is 30.1 Å². The second-order valence-electron chi connectivity index (χ2n) is 3.93. The minimum atomic E-state index is -0.153. The van der Waals surface area contributed by atoms with Gasteiger partial charge in [0.2, 0.25) is 0 Å². The molecule has 0 aromatic heterocycles. The summed E-state index contributed by atoms with van der Waals surface area (Å²) < 4.78 is 13.6. The van der Waals surface area contributed by atoms with E-state index in [4.69, 9.17) is 0 Å². The Morgan fingerprint density at radius 3 is 2.56 bits per heavy atom. The Hall–Kier alpha value is -1.09. The van der Waals surface area contributed by atoms with Crippen molar-refractivity contribution in [1.29, 1.82) is 0 Å². The van der Waals surface area contributed by atoms with Crippen LogP contribution < -0.4 is 10.2 Å². The number of anilines is 1. The molecule has 2 nitrogen and oxygen atoms in total. The highest BCUT2D eigenvalue weighted by Gasteiger charge is 2.15. The molecular formula is C13H21FN2. The monoisotopic (exact) mass is 224 g/mol. The average molecular weight is 224 g/mol. The molecule has 16 heavy (non-hydrogen) atoms. The predicted molar refractivity (Wildman–Crippen MR) is 67.4 cm³/mol. The summed E-state index contributed by atoms with van der Waals surface area (Å²) in [6.45, 7) is 6.04. The van der Waals surface area contributed by atoms with Crippen LogP contribution in [-0.2, 0) is 0 Å². The minimum absolute atomic E-state index is 0.153. The Morgan fingerprint density at radius 2 is 2.00 bits per heavy atom. The Kier molecular flexibility index (Phi) is 5.26. The zero-order valence-electron chi connectivity index (χ0n) is 10.3. The van der Waals surface area contributed by atoms with E-state index >= 15 is 0 Å². The van der Waals surface area contributed by atoms with Gasteiger partial charge in [-0.25, -0.2) is 4.39 Å². The fourth-order valence-corrected chi connectivity index (χ4v) is 1.80. The Balaban J connectivity index is 2.74. The molecule has 3 heteroatoms. The Labute approximate surface area is 97.5 Å². The first kappa shape index (κ1) is 13.0. The number of para-hydroxylation sites is 1. The number of hydrogen-bond acceptors (Lipinski definition) is 2. The Bertz CT molecular complexity index is 315. The first-order chi connectivity index (χ1) is 7.70. The zero-order chi connectivity index (χ0) is 12.0. The van der Waals surface area contributed by atoms with Crippen LogP contribution in [0.5, 0.6) is 0 Å². The van der Waals surface area contributed by atoms with Crippen molar-refractivity contribution in [1.82, 2.24) is 5.32 Å². The minimum Gasteiger partial charge on any atom is -0.368 e. The van der Waals surface area contributed by atoms with Crippen molar-refractivity contribution >= 4 is 5.69 Å². The van der Waals surface area contributed by atoms with Gasteiger partial charge in [0, 0.05) is 19.6 Å². The van der Waals surface area contributed by atoms with Crippen LogP contribution in [0.2, 0.25) is 0 Å². The van der Waals surface area contributed by atoms with E-state index in [9.17, 15) is 4.39 Å². The lowest BCUT2D eigenvalue weighted by Gasteiger charge is -2.29. The van der Waals surface area contributed by atoms with Crippen LogP contribution in [0.15, 0.2) is 24.3 Å². The molecule has 1 aromatic carbocycles. The van der Waals surface area contributed by atoms with Crippen LogP contribution in [0.3, 0.4) is 0 Å². The Morgan fingerprint density at radius 1 is 1.31 bits per heavy atom. The number of likely N-dealkylation sites (N-methyl/N-ethyl adjacent to an activating group) is 2. The van der Waals surface area contributed by atoms with Gasteiger partial charge in [-0.3, -0.25) is 0 Å². The normalized spacial score (nSPS) is 12.5. The number of rotatable bonds is 6. The highest BCUT2D eigenvalue weighted by Crippen LogP contribution is 2.20. The maximum absolute atomic E-state index is 13.6. The van der Waals surface area contributed by atoms with Crippen molar-refractivity contribution in [2.75, 3.05) is 25.0 Å². The smallest absolute Gasteiger partial charge is 0.146 e. The van der Waals surface area contributed by atoms with E-state index in [-0.39, 0.29) is 5.82 Å². The standard InChI is InChI=1S/C13H21FN2/c1-4-11(10-15-5-2)16(3)13-9-7-6-8-12(13)14/h6-9,11,15H,4-5,10H2,1-3H3. The van der Waals surface area contributed by atoms with E-state index in [1.165, 1.54) is 6.07 Å². The van der Waals surface area contributed by atoms with Gasteiger partial charge in [0.1, 0.15) is 5.82 Å². The van der Waals surface area contributed by atoms with Gasteiger partial charge in [-0.05, 0) is 25.1 Å². The molecule has 0 aliphatic rings. The van der Waals surface area contributed by atoms with E-state index in [0.717, 1.165) is 19.5 Å². The third kappa shape index (κ3) is 3.20. The number of halogens is 1. The van der Waals surface area contributed by atoms with E-state index in [0.29, 0.717) is 11.7 Å². The number of nitrogens with zero attached hydrogens (tertiary/aromatic N) is 1. The van der Waals surface area contributed by atoms with Gasteiger partial charge >= 0.3 is 0 Å². The fraction of sp³-hybridized carbons (Fsp3) is 0.538. The molecule has 0 fully saturated rings. The molecule has 0 heterocycles. The molecular weight excluding hydrogens is 203 g/mol. The number of benzene rings is 1. The molecule has 1 unspecified atom stereocenters. The summed E-state index contributed by atoms with van der Waals surface area (Å²) >= 11 is 0. The average Bonchev–Trinajstić information content (AvgIpc) is 2.30. The van der Waals surface area contributed by atoms with E-state index in [1.54, 1.807) is 6.07 Å². The summed E-state index contributed by atoms with van der Waals surface area (Å²) in [5, 5.41) is 3.31. The van der Waals surface area contributed by atoms with Crippen molar-refractivity contribution in [2.45, 2.75) is 26.3 Å². The second-order valence-corrected chi connectivity index (χ2v) is 3.93. The molecule has 0 saturated heterocycles. The topological polar surface area (TPSA) is 15.3 Å². The van der Waals surface area contributed by atoms with Gasteiger partial charge in [0.05, 0.1) is 5.69 Å². The molecule has 1 atom stereocenters. The molecule has 0 amide bonds. The molecule has 1 rings (SSSR count). The summed E-state index contributed by atoms with van der Waals surface area (Å²) in [6, 6.07) is 7.25. The van der Waals surface area contributed by atoms with E-state index in [2.05, 4.69) is 19.2 Å². The van der Waals surface area contributed by atoms with E-state index in [1.807, 2.05) is 24.1 Å². The summed E-state index contributed by atoms with van der Waals surface area (Å²) in [5.41, 5.74) is 0.673. The zero-order valence-corrected chi connectivity index (χ0v) is 10.3. The molecule has 1 aromatic rings. The van der Waals surface area contributed by atoms with Crippen LogP contribution in [0, 0.1) is 5.82 Å². The van der Waals surface area contributed by atoms with Crippen LogP contribution in [0.4, 0.5) is 10.1 Å². The van der Waals surface area contributed by atoms with Crippen LogP contribution in [-0.4, -0.2) is 26.2 Å². The summed E-state index contributed by atoms with van der Waals surface area (Å²) in [4.78, 5) is 2.01. The van der Waals surface area contributed by atoms with Gasteiger partial charge in [-0.1, -0.05) is 26.0 Å². The quantitative estimate of drug-likeness (QED) is 0.799. The van der Waals surface area contributed by atoms with Gasteiger partial charge in [-0.15, -0.1) is 0 Å².